The average molecular weight is 446 g/mol. The summed E-state index contributed by atoms with van der Waals surface area (Å²) in [6, 6.07) is 25.7. The molecule has 0 saturated carbocycles. The van der Waals surface area contributed by atoms with Gasteiger partial charge >= 0.3 is 0 Å². The lowest BCUT2D eigenvalue weighted by Crippen LogP contribution is -2.23. The molecule has 0 atom stereocenters. The molecule has 0 fully saturated rings. The first-order valence-corrected chi connectivity index (χ1v) is 10.7. The molecule has 1 amide bonds. The lowest BCUT2D eigenvalue weighted by atomic mass is 10.1. The molecule has 1 aromatic heterocycles. The van der Waals surface area contributed by atoms with Gasteiger partial charge in [0.15, 0.2) is 5.76 Å². The Morgan fingerprint density at radius 3 is 2.21 bits per heavy atom. The van der Waals surface area contributed by atoms with Crippen molar-refractivity contribution in [3.8, 4) is 0 Å². The fourth-order valence-corrected chi connectivity index (χ4v) is 3.58. The minimum absolute atomic E-state index is 0.230. The van der Waals surface area contributed by atoms with Gasteiger partial charge in [-0.1, -0.05) is 54.6 Å². The van der Waals surface area contributed by atoms with Crippen LogP contribution in [0.2, 0.25) is 0 Å². The minimum atomic E-state index is -0.301. The van der Waals surface area contributed by atoms with Crippen molar-refractivity contribution in [2.24, 2.45) is 0 Å². The van der Waals surface area contributed by atoms with Gasteiger partial charge in [0.1, 0.15) is 17.4 Å². The van der Waals surface area contributed by atoms with Gasteiger partial charge in [-0.15, -0.1) is 0 Å². The van der Waals surface area contributed by atoms with E-state index >= 15 is 0 Å². The zero-order valence-electron chi connectivity index (χ0n) is 18.0. The highest BCUT2D eigenvalue weighted by Crippen LogP contribution is 2.17. The summed E-state index contributed by atoms with van der Waals surface area (Å²) in [7, 11) is 0. The van der Waals surface area contributed by atoms with E-state index in [1.165, 1.54) is 24.3 Å². The maximum atomic E-state index is 13.7. The van der Waals surface area contributed by atoms with E-state index in [-0.39, 0.29) is 23.3 Å². The number of carbonyl (C=O) groups excluding carboxylic acids is 1. The smallest absolute Gasteiger partial charge is 0.287 e. The Kier molecular flexibility index (Phi) is 7.27. The summed E-state index contributed by atoms with van der Waals surface area (Å²) in [5.74, 6) is -0.0515. The fraction of sp³-hybridized carbons (Fsp3) is 0.148. The second kappa shape index (κ2) is 10.7. The largest absolute Gasteiger partial charge is 0.455 e. The minimum Gasteiger partial charge on any atom is -0.455 e. The third-order valence-electron chi connectivity index (χ3n) is 5.18. The van der Waals surface area contributed by atoms with Crippen LogP contribution in [0.1, 0.15) is 33.0 Å². The van der Waals surface area contributed by atoms with E-state index in [1.54, 1.807) is 30.3 Å². The predicted octanol–water partition coefficient (Wildman–Crippen LogP) is 5.69. The Hall–Kier alpha value is -3.77. The van der Waals surface area contributed by atoms with Crippen LogP contribution in [0.25, 0.3) is 0 Å². The molecule has 4 nitrogen and oxygen atoms in total. The summed E-state index contributed by atoms with van der Waals surface area (Å²) >= 11 is 0. The van der Waals surface area contributed by atoms with Crippen molar-refractivity contribution in [3.05, 3.63) is 131 Å². The molecular formula is C27H24F2N2O2. The molecule has 0 spiro atoms. The maximum Gasteiger partial charge on any atom is 0.287 e. The van der Waals surface area contributed by atoms with Gasteiger partial charge in [0.25, 0.3) is 5.91 Å². The van der Waals surface area contributed by atoms with E-state index in [1.807, 2.05) is 41.3 Å². The first kappa shape index (κ1) is 22.4. The first-order valence-electron chi connectivity index (χ1n) is 10.7. The molecule has 0 aliphatic rings. The maximum absolute atomic E-state index is 13.7. The number of benzene rings is 3. The molecule has 0 unspecified atom stereocenters. The van der Waals surface area contributed by atoms with Crippen LogP contribution in [-0.2, 0) is 26.2 Å². The van der Waals surface area contributed by atoms with Gasteiger partial charge in [0.05, 0.1) is 6.54 Å². The summed E-state index contributed by atoms with van der Waals surface area (Å²) in [6.45, 7) is 1.78. The molecule has 0 aliphatic heterocycles. The van der Waals surface area contributed by atoms with Crippen LogP contribution >= 0.6 is 0 Å². The van der Waals surface area contributed by atoms with E-state index in [0.717, 1.165) is 16.7 Å². The summed E-state index contributed by atoms with van der Waals surface area (Å²) in [6.07, 6.45) is 0. The highest BCUT2D eigenvalue weighted by Gasteiger charge is 2.15. The van der Waals surface area contributed by atoms with Crippen LogP contribution in [0.4, 0.5) is 8.78 Å². The lowest BCUT2D eigenvalue weighted by Gasteiger charge is -2.21. The van der Waals surface area contributed by atoms with Crippen LogP contribution in [0.5, 0.6) is 0 Å². The fourth-order valence-electron chi connectivity index (χ4n) is 3.58. The van der Waals surface area contributed by atoms with E-state index < -0.39 is 0 Å². The summed E-state index contributed by atoms with van der Waals surface area (Å²) < 4.78 is 32.8. The van der Waals surface area contributed by atoms with Gasteiger partial charge in [-0.25, -0.2) is 8.78 Å². The van der Waals surface area contributed by atoms with Crippen LogP contribution in [0.15, 0.2) is 95.4 Å². The van der Waals surface area contributed by atoms with Crippen LogP contribution < -0.4 is 5.32 Å². The number of amides is 1. The van der Waals surface area contributed by atoms with Gasteiger partial charge in [-0.3, -0.25) is 9.69 Å². The van der Waals surface area contributed by atoms with Crippen molar-refractivity contribution < 1.29 is 18.0 Å². The van der Waals surface area contributed by atoms with E-state index in [9.17, 15) is 13.6 Å². The molecule has 6 heteroatoms. The number of halogens is 2. The highest BCUT2D eigenvalue weighted by atomic mass is 19.1. The van der Waals surface area contributed by atoms with Gasteiger partial charge < -0.3 is 9.73 Å². The van der Waals surface area contributed by atoms with Crippen molar-refractivity contribution in [2.75, 3.05) is 0 Å². The van der Waals surface area contributed by atoms with Crippen LogP contribution in [0, 0.1) is 11.6 Å². The zero-order valence-corrected chi connectivity index (χ0v) is 18.0. The molecule has 4 rings (SSSR count). The molecule has 0 radical (unpaired) electrons. The third-order valence-corrected chi connectivity index (χ3v) is 5.18. The Morgan fingerprint density at radius 2 is 1.45 bits per heavy atom. The molecule has 0 aliphatic carbocycles. The van der Waals surface area contributed by atoms with Crippen molar-refractivity contribution in [1.29, 1.82) is 0 Å². The molecule has 1 heterocycles. The van der Waals surface area contributed by atoms with Crippen LogP contribution in [0.3, 0.4) is 0 Å². The van der Waals surface area contributed by atoms with Crippen molar-refractivity contribution in [3.63, 3.8) is 0 Å². The lowest BCUT2D eigenvalue weighted by molar-refractivity contribution is 0.0918. The SMILES string of the molecule is O=C(NCc1ccccc1)c1ccc(CN(Cc2ccc(F)cc2)Cc2cccc(F)c2)o1. The Morgan fingerprint density at radius 1 is 0.727 bits per heavy atom. The number of rotatable bonds is 9. The van der Waals surface area contributed by atoms with Crippen LogP contribution in [-0.4, -0.2) is 10.8 Å². The molecule has 3 aromatic carbocycles. The standard InChI is InChI=1S/C27H24F2N2O2/c28-23-11-9-21(10-12-23)17-31(18-22-7-4-8-24(29)15-22)19-25-13-14-26(33-25)27(32)30-16-20-5-2-1-3-6-20/h1-15H,16-19H2,(H,30,32). The molecule has 33 heavy (non-hydrogen) atoms. The van der Waals surface area contributed by atoms with E-state index in [4.69, 9.17) is 4.42 Å². The van der Waals surface area contributed by atoms with Crippen molar-refractivity contribution in [1.82, 2.24) is 10.2 Å². The number of hydrogen-bond donors (Lipinski definition) is 1. The monoisotopic (exact) mass is 446 g/mol. The quantitative estimate of drug-likeness (QED) is 0.359. The summed E-state index contributed by atoms with van der Waals surface area (Å²) in [5.41, 5.74) is 2.72. The second-order valence-corrected chi connectivity index (χ2v) is 7.84. The molecule has 168 valence electrons. The van der Waals surface area contributed by atoms with Gasteiger partial charge in [-0.05, 0) is 53.1 Å². The van der Waals surface area contributed by atoms with E-state index in [0.29, 0.717) is 31.9 Å². The molecule has 0 bridgehead atoms. The first-order chi connectivity index (χ1) is 16.0. The Labute approximate surface area is 191 Å². The molecule has 4 aromatic rings. The molecular weight excluding hydrogens is 422 g/mol. The molecule has 0 saturated heterocycles. The summed E-state index contributed by atoms with van der Waals surface area (Å²) in [5, 5.41) is 2.85. The number of furan rings is 1. The number of hydrogen-bond acceptors (Lipinski definition) is 3. The Bertz CT molecular complexity index is 1190. The highest BCUT2D eigenvalue weighted by molar-refractivity contribution is 5.91. The van der Waals surface area contributed by atoms with Gasteiger partial charge in [0, 0.05) is 19.6 Å². The van der Waals surface area contributed by atoms with Gasteiger partial charge in [-0.2, -0.15) is 0 Å². The average Bonchev–Trinajstić information content (AvgIpc) is 3.28. The van der Waals surface area contributed by atoms with Crippen molar-refractivity contribution >= 4 is 5.91 Å². The summed E-state index contributed by atoms with van der Waals surface area (Å²) in [4.78, 5) is 14.5. The predicted molar refractivity (Wildman–Crippen MR) is 122 cm³/mol. The third kappa shape index (κ3) is 6.60. The second-order valence-electron chi connectivity index (χ2n) is 7.84. The number of carbonyl (C=O) groups is 1. The topological polar surface area (TPSA) is 45.5 Å². The number of nitrogens with zero attached hydrogens (tertiary/aromatic N) is 1. The normalized spacial score (nSPS) is 11.0. The Balaban J connectivity index is 1.44. The zero-order chi connectivity index (χ0) is 23.0. The van der Waals surface area contributed by atoms with E-state index in [2.05, 4.69) is 5.32 Å². The van der Waals surface area contributed by atoms with Crippen molar-refractivity contribution in [2.45, 2.75) is 26.2 Å². The molecule has 1 N–H and O–H groups in total. The number of nitrogens with one attached hydrogen (secondary N) is 1. The van der Waals surface area contributed by atoms with Gasteiger partial charge in [0.2, 0.25) is 0 Å².